The van der Waals surface area contributed by atoms with Gasteiger partial charge in [0.1, 0.15) is 5.75 Å². The molecule has 0 bridgehead atoms. The molecule has 0 fully saturated rings. The van der Waals surface area contributed by atoms with E-state index in [9.17, 15) is 13.6 Å². The van der Waals surface area contributed by atoms with Crippen molar-refractivity contribution in [3.8, 4) is 5.75 Å². The van der Waals surface area contributed by atoms with Gasteiger partial charge < -0.3 is 15.2 Å². The third kappa shape index (κ3) is 4.26. The van der Waals surface area contributed by atoms with Crippen LogP contribution in [0, 0.1) is 0 Å². The van der Waals surface area contributed by atoms with Crippen molar-refractivity contribution < 1.29 is 23.4 Å². The zero-order valence-corrected chi connectivity index (χ0v) is 11.6. The van der Waals surface area contributed by atoms with Gasteiger partial charge in [0.15, 0.2) is 0 Å². The maximum absolute atomic E-state index is 12.3. The van der Waals surface area contributed by atoms with Crippen molar-refractivity contribution >= 4 is 11.6 Å². The smallest absolute Gasteiger partial charge is 0.387 e. The molecular formula is C16H15F2NO3. The average Bonchev–Trinajstić information content (AvgIpc) is 2.49. The van der Waals surface area contributed by atoms with Crippen LogP contribution < -0.4 is 10.1 Å². The van der Waals surface area contributed by atoms with Gasteiger partial charge in [-0.15, -0.1) is 0 Å². The maximum Gasteiger partial charge on any atom is 0.387 e. The lowest BCUT2D eigenvalue weighted by molar-refractivity contribution is -0.0501. The fourth-order valence-corrected chi connectivity index (χ4v) is 1.94. The van der Waals surface area contributed by atoms with E-state index in [-0.39, 0.29) is 17.9 Å². The number of aliphatic hydroxyl groups excluding tert-OH is 1. The fraction of sp³-hybridized carbons (Fsp3) is 0.188. The zero-order chi connectivity index (χ0) is 15.9. The summed E-state index contributed by atoms with van der Waals surface area (Å²) in [5, 5.41) is 11.5. The molecule has 2 aromatic carbocycles. The molecule has 2 aromatic rings. The van der Waals surface area contributed by atoms with Crippen molar-refractivity contribution in [2.45, 2.75) is 13.0 Å². The van der Waals surface area contributed by atoms with Crippen LogP contribution in [0.2, 0.25) is 0 Å². The SMILES string of the molecule is O=C(Nc1ccc(CCO)cc1)c1ccccc1OC(F)F. The molecule has 0 aromatic heterocycles. The van der Waals surface area contributed by atoms with Crippen molar-refractivity contribution in [2.75, 3.05) is 11.9 Å². The molecule has 2 rings (SSSR count). The van der Waals surface area contributed by atoms with E-state index in [1.165, 1.54) is 18.2 Å². The van der Waals surface area contributed by atoms with E-state index in [1.807, 2.05) is 0 Å². The molecule has 2 N–H and O–H groups in total. The Bertz CT molecular complexity index is 630. The van der Waals surface area contributed by atoms with Crippen LogP contribution in [0.25, 0.3) is 0 Å². The summed E-state index contributed by atoms with van der Waals surface area (Å²) < 4.78 is 29.0. The first-order chi connectivity index (χ1) is 10.6. The van der Waals surface area contributed by atoms with Gasteiger partial charge in [0.05, 0.1) is 5.56 Å². The largest absolute Gasteiger partial charge is 0.434 e. The third-order valence-electron chi connectivity index (χ3n) is 2.96. The molecule has 0 atom stereocenters. The van der Waals surface area contributed by atoms with Crippen molar-refractivity contribution in [3.63, 3.8) is 0 Å². The lowest BCUT2D eigenvalue weighted by Crippen LogP contribution is -2.15. The number of amides is 1. The van der Waals surface area contributed by atoms with Crippen molar-refractivity contribution in [1.82, 2.24) is 0 Å². The molecule has 0 aliphatic carbocycles. The maximum atomic E-state index is 12.3. The summed E-state index contributed by atoms with van der Waals surface area (Å²) in [5.41, 5.74) is 1.49. The molecule has 1 amide bonds. The number of rotatable bonds is 6. The quantitative estimate of drug-likeness (QED) is 0.862. The molecule has 0 heterocycles. The minimum Gasteiger partial charge on any atom is -0.434 e. The highest BCUT2D eigenvalue weighted by Crippen LogP contribution is 2.21. The summed E-state index contributed by atoms with van der Waals surface area (Å²) in [6.07, 6.45) is 0.527. The second-order valence-corrected chi connectivity index (χ2v) is 4.50. The lowest BCUT2D eigenvalue weighted by Gasteiger charge is -2.11. The van der Waals surface area contributed by atoms with Crippen LogP contribution in [-0.4, -0.2) is 24.2 Å². The third-order valence-corrected chi connectivity index (χ3v) is 2.96. The van der Waals surface area contributed by atoms with Gasteiger partial charge in [0.25, 0.3) is 5.91 Å². The number of aliphatic hydroxyl groups is 1. The Labute approximate surface area is 126 Å². The Morgan fingerprint density at radius 2 is 1.82 bits per heavy atom. The molecule has 0 saturated heterocycles. The Morgan fingerprint density at radius 3 is 2.45 bits per heavy atom. The number of anilines is 1. The molecule has 116 valence electrons. The Kier molecular flexibility index (Phi) is 5.43. The second kappa shape index (κ2) is 7.51. The number of carbonyl (C=O) groups is 1. The number of para-hydroxylation sites is 1. The summed E-state index contributed by atoms with van der Waals surface area (Å²) in [6, 6.07) is 12.7. The number of nitrogens with one attached hydrogen (secondary N) is 1. The highest BCUT2D eigenvalue weighted by Gasteiger charge is 2.15. The fourth-order valence-electron chi connectivity index (χ4n) is 1.94. The highest BCUT2D eigenvalue weighted by atomic mass is 19.3. The summed E-state index contributed by atoms with van der Waals surface area (Å²) in [7, 11) is 0. The zero-order valence-electron chi connectivity index (χ0n) is 11.6. The molecule has 4 nitrogen and oxygen atoms in total. The highest BCUT2D eigenvalue weighted by molar-refractivity contribution is 6.06. The van der Waals surface area contributed by atoms with Gasteiger partial charge in [-0.3, -0.25) is 4.79 Å². The average molecular weight is 307 g/mol. The molecule has 0 saturated carbocycles. The standard InChI is InChI=1S/C16H15F2NO3/c17-16(18)22-14-4-2-1-3-13(14)15(21)19-12-7-5-11(6-8-12)9-10-20/h1-8,16,20H,9-10H2,(H,19,21). The number of halogens is 2. The van der Waals surface area contributed by atoms with Gasteiger partial charge in [-0.05, 0) is 36.2 Å². The van der Waals surface area contributed by atoms with Crippen LogP contribution in [0.15, 0.2) is 48.5 Å². The van der Waals surface area contributed by atoms with Gasteiger partial charge in [-0.25, -0.2) is 0 Å². The Hall–Kier alpha value is -2.47. The van der Waals surface area contributed by atoms with E-state index in [2.05, 4.69) is 10.1 Å². The number of ether oxygens (including phenoxy) is 1. The summed E-state index contributed by atoms with van der Waals surface area (Å²) in [4.78, 5) is 12.2. The van der Waals surface area contributed by atoms with Gasteiger partial charge in [-0.2, -0.15) is 8.78 Å². The predicted octanol–water partition coefficient (Wildman–Crippen LogP) is 3.08. The second-order valence-electron chi connectivity index (χ2n) is 4.50. The topological polar surface area (TPSA) is 58.6 Å². The first-order valence-corrected chi connectivity index (χ1v) is 6.65. The molecule has 0 aliphatic heterocycles. The monoisotopic (exact) mass is 307 g/mol. The Balaban J connectivity index is 2.12. The van der Waals surface area contributed by atoms with Gasteiger partial charge in [-0.1, -0.05) is 24.3 Å². The summed E-state index contributed by atoms with van der Waals surface area (Å²) >= 11 is 0. The van der Waals surface area contributed by atoms with E-state index in [4.69, 9.17) is 5.11 Å². The molecule has 0 aliphatic rings. The van der Waals surface area contributed by atoms with Crippen LogP contribution >= 0.6 is 0 Å². The van der Waals surface area contributed by atoms with Gasteiger partial charge in [0.2, 0.25) is 0 Å². The Morgan fingerprint density at radius 1 is 1.14 bits per heavy atom. The van der Waals surface area contributed by atoms with Crippen LogP contribution in [0.4, 0.5) is 14.5 Å². The number of benzene rings is 2. The van der Waals surface area contributed by atoms with E-state index < -0.39 is 12.5 Å². The molecular weight excluding hydrogens is 292 g/mol. The van der Waals surface area contributed by atoms with Gasteiger partial charge >= 0.3 is 6.61 Å². The van der Waals surface area contributed by atoms with E-state index in [0.29, 0.717) is 12.1 Å². The number of hydrogen-bond acceptors (Lipinski definition) is 3. The molecule has 0 unspecified atom stereocenters. The van der Waals surface area contributed by atoms with E-state index in [0.717, 1.165) is 5.56 Å². The number of carbonyl (C=O) groups excluding carboxylic acids is 1. The van der Waals surface area contributed by atoms with Crippen LogP contribution in [0.1, 0.15) is 15.9 Å². The molecule has 22 heavy (non-hydrogen) atoms. The first kappa shape index (κ1) is 15.9. The van der Waals surface area contributed by atoms with Crippen LogP contribution in [-0.2, 0) is 6.42 Å². The molecule has 0 spiro atoms. The normalized spacial score (nSPS) is 10.5. The van der Waals surface area contributed by atoms with Crippen molar-refractivity contribution in [1.29, 1.82) is 0 Å². The molecule has 0 radical (unpaired) electrons. The number of alkyl halides is 2. The summed E-state index contributed by atoms with van der Waals surface area (Å²) in [6.45, 7) is -2.95. The van der Waals surface area contributed by atoms with Gasteiger partial charge in [0, 0.05) is 12.3 Å². The minimum absolute atomic E-state index is 0.0298. The number of hydrogen-bond donors (Lipinski definition) is 2. The summed E-state index contributed by atoms with van der Waals surface area (Å²) in [5.74, 6) is -0.710. The van der Waals surface area contributed by atoms with Crippen LogP contribution in [0.3, 0.4) is 0 Å². The van der Waals surface area contributed by atoms with Crippen LogP contribution in [0.5, 0.6) is 5.75 Å². The van der Waals surface area contributed by atoms with Crippen molar-refractivity contribution in [3.05, 3.63) is 59.7 Å². The minimum atomic E-state index is -2.99. The molecule has 6 heteroatoms. The van der Waals surface area contributed by atoms with E-state index in [1.54, 1.807) is 30.3 Å². The first-order valence-electron chi connectivity index (χ1n) is 6.65. The van der Waals surface area contributed by atoms with E-state index >= 15 is 0 Å². The lowest BCUT2D eigenvalue weighted by atomic mass is 10.1. The van der Waals surface area contributed by atoms with Crippen molar-refractivity contribution in [2.24, 2.45) is 0 Å². The predicted molar refractivity (Wildman–Crippen MR) is 78.3 cm³/mol.